The van der Waals surface area contributed by atoms with Gasteiger partial charge >= 0.3 is 0 Å². The molecule has 4 fully saturated rings. The maximum Gasteiger partial charge on any atom is 0.0788 e. The Morgan fingerprint density at radius 3 is 0.771 bits per heavy atom. The quantitative estimate of drug-likeness (QED) is 0.284. The van der Waals surface area contributed by atoms with Crippen molar-refractivity contribution in [3.05, 3.63) is 29.7 Å². The lowest BCUT2D eigenvalue weighted by atomic mass is 10.0. The van der Waals surface area contributed by atoms with E-state index in [1.54, 1.807) is 14.2 Å². The number of methoxy groups -OCH3 is 2. The maximum absolute atomic E-state index is 4.69. The van der Waals surface area contributed by atoms with Crippen molar-refractivity contribution < 1.29 is 18.4 Å². The Balaban J connectivity index is -0.000000115. The maximum atomic E-state index is 4.69. The third-order valence-corrected chi connectivity index (χ3v) is 7.38. The number of rotatable bonds is 4. The number of quaternary nitrogens is 2. The lowest BCUT2D eigenvalue weighted by Crippen LogP contribution is -2.54. The molecule has 0 N–H and O–H groups in total. The summed E-state index contributed by atoms with van der Waals surface area (Å²) >= 11 is 0. The molecule has 0 saturated carbocycles. The molecule has 0 unspecified atom stereocenters. The van der Waals surface area contributed by atoms with Crippen LogP contribution in [0.15, 0.2) is 0 Å². The molecule has 0 amide bonds. The van der Waals surface area contributed by atoms with Crippen LogP contribution < -0.4 is 0 Å². The molecule has 0 aromatic heterocycles. The zero-order valence-corrected chi connectivity index (χ0v) is 25.3. The highest BCUT2D eigenvalue weighted by molar-refractivity contribution is 4.60. The van der Waals surface area contributed by atoms with Crippen LogP contribution in [0.4, 0.5) is 0 Å². The second-order valence-electron chi connectivity index (χ2n) is 9.99. The topological polar surface area (TPSA) is 18.5 Å². The van der Waals surface area contributed by atoms with Gasteiger partial charge in [0.25, 0.3) is 0 Å². The molecule has 4 heteroatoms. The fraction of sp³-hybridized carbons (Fsp3) is 0.871. The van der Waals surface area contributed by atoms with Crippen molar-refractivity contribution in [2.45, 2.75) is 98.3 Å². The van der Waals surface area contributed by atoms with Crippen LogP contribution in [0.5, 0.6) is 0 Å². The van der Waals surface area contributed by atoms with Crippen molar-refractivity contribution >= 4 is 0 Å². The number of hydrogen-bond donors (Lipinski definition) is 0. The van der Waals surface area contributed by atoms with Crippen molar-refractivity contribution in [3.8, 4) is 0 Å². The molecular formula is C31H72N2O2-2. The standard InChI is InChI=1S/C10H20N.C8H16N.2C4H10O.CH4.4CH3/c1-3-7-11(8-4-1)9-5-2-6-10-11;1-2-6-9(5-1)7-3-4-8-9;2*1-3-4-5-2;;;;;/h1-10H2;1-8H2;2*3-4H2,1-2H3;1H4;4*1H3/q2*+1;;;;4*-1. The van der Waals surface area contributed by atoms with Gasteiger partial charge in [0.05, 0.1) is 52.4 Å². The number of nitrogens with zero attached hydrogens (tertiary/aromatic N) is 2. The first-order chi connectivity index (χ1) is 14.7. The minimum absolute atomic E-state index is 0. The lowest BCUT2D eigenvalue weighted by Gasteiger charge is -2.44. The molecule has 0 aromatic rings. The van der Waals surface area contributed by atoms with E-state index in [1.165, 1.54) is 126 Å². The molecule has 4 heterocycles. The van der Waals surface area contributed by atoms with Gasteiger partial charge in [-0.2, -0.15) is 0 Å². The Morgan fingerprint density at radius 2 is 0.629 bits per heavy atom. The van der Waals surface area contributed by atoms with E-state index in [0.29, 0.717) is 0 Å². The molecule has 0 bridgehead atoms. The van der Waals surface area contributed by atoms with E-state index in [1.807, 2.05) is 0 Å². The Hall–Kier alpha value is -0.160. The zero-order chi connectivity index (χ0) is 22.0. The summed E-state index contributed by atoms with van der Waals surface area (Å²) in [5, 5.41) is 0. The highest BCUT2D eigenvalue weighted by atomic mass is 16.5. The molecule has 4 aliphatic rings. The monoisotopic (exact) mass is 505 g/mol. The Kier molecular flexibility index (Phi) is 36.4. The molecule has 4 nitrogen and oxygen atoms in total. The van der Waals surface area contributed by atoms with Gasteiger partial charge in [0.15, 0.2) is 0 Å². The van der Waals surface area contributed by atoms with Crippen LogP contribution in [-0.4, -0.2) is 88.8 Å². The fourth-order valence-electron chi connectivity index (χ4n) is 5.68. The normalized spacial score (nSPS) is 20.2. The van der Waals surface area contributed by atoms with Crippen LogP contribution in [-0.2, 0) is 9.47 Å². The smallest absolute Gasteiger partial charge is 0.0788 e. The number of ether oxygens (including phenoxy) is 2. The van der Waals surface area contributed by atoms with Crippen LogP contribution in [0.1, 0.15) is 98.3 Å². The van der Waals surface area contributed by atoms with E-state index < -0.39 is 0 Å². The summed E-state index contributed by atoms with van der Waals surface area (Å²) in [5.41, 5.74) is 0. The van der Waals surface area contributed by atoms with Gasteiger partial charge in [0.2, 0.25) is 0 Å². The Labute approximate surface area is 226 Å². The van der Waals surface area contributed by atoms with Gasteiger partial charge in [-0.05, 0) is 51.4 Å². The van der Waals surface area contributed by atoms with Crippen molar-refractivity contribution in [1.29, 1.82) is 0 Å². The molecule has 4 aliphatic heterocycles. The first-order valence-electron chi connectivity index (χ1n) is 13.3. The highest BCUT2D eigenvalue weighted by Crippen LogP contribution is 2.26. The minimum atomic E-state index is 0. The van der Waals surface area contributed by atoms with Crippen LogP contribution >= 0.6 is 0 Å². The van der Waals surface area contributed by atoms with E-state index in [0.717, 1.165) is 26.1 Å². The summed E-state index contributed by atoms with van der Waals surface area (Å²) in [6, 6.07) is 0. The van der Waals surface area contributed by atoms with Crippen molar-refractivity contribution in [2.75, 3.05) is 79.8 Å². The third-order valence-electron chi connectivity index (χ3n) is 7.38. The van der Waals surface area contributed by atoms with Crippen LogP contribution in [0.3, 0.4) is 0 Å². The molecule has 0 aliphatic carbocycles. The molecule has 0 aromatic carbocycles. The summed E-state index contributed by atoms with van der Waals surface area (Å²) in [6.07, 6.45) is 17.2. The summed E-state index contributed by atoms with van der Waals surface area (Å²) in [5.74, 6) is 0. The predicted molar refractivity (Wildman–Crippen MR) is 162 cm³/mol. The summed E-state index contributed by atoms with van der Waals surface area (Å²) < 4.78 is 12.4. The second-order valence-corrected chi connectivity index (χ2v) is 9.99. The van der Waals surface area contributed by atoms with Crippen molar-refractivity contribution in [1.82, 2.24) is 0 Å². The van der Waals surface area contributed by atoms with Gasteiger partial charge in [-0.15, -0.1) is 0 Å². The van der Waals surface area contributed by atoms with Gasteiger partial charge in [-0.3, -0.25) is 0 Å². The number of piperidine rings is 2. The summed E-state index contributed by atoms with van der Waals surface area (Å²) in [4.78, 5) is 0. The first kappa shape index (κ1) is 44.8. The van der Waals surface area contributed by atoms with Gasteiger partial charge in [-0.25, -0.2) is 0 Å². The van der Waals surface area contributed by atoms with Gasteiger partial charge in [0.1, 0.15) is 0 Å². The molecule has 4 rings (SSSR count). The van der Waals surface area contributed by atoms with Crippen molar-refractivity contribution in [3.63, 3.8) is 0 Å². The fourth-order valence-corrected chi connectivity index (χ4v) is 5.68. The van der Waals surface area contributed by atoms with Crippen LogP contribution in [0.25, 0.3) is 0 Å². The van der Waals surface area contributed by atoms with Crippen LogP contribution in [0, 0.1) is 29.7 Å². The Morgan fingerprint density at radius 1 is 0.429 bits per heavy atom. The minimum Gasteiger partial charge on any atom is -0.385 e. The van der Waals surface area contributed by atoms with E-state index in [-0.39, 0.29) is 37.1 Å². The van der Waals surface area contributed by atoms with E-state index in [9.17, 15) is 0 Å². The molecule has 220 valence electrons. The summed E-state index contributed by atoms with van der Waals surface area (Å²) in [7, 11) is 3.42. The van der Waals surface area contributed by atoms with Gasteiger partial charge in [0, 0.05) is 53.1 Å². The van der Waals surface area contributed by atoms with E-state index >= 15 is 0 Å². The van der Waals surface area contributed by atoms with Crippen LogP contribution in [0.2, 0.25) is 0 Å². The average Bonchev–Trinajstić information content (AvgIpc) is 3.44. The summed E-state index contributed by atoms with van der Waals surface area (Å²) in [6.45, 7) is 18.0. The van der Waals surface area contributed by atoms with Gasteiger partial charge in [-0.1, -0.05) is 21.3 Å². The molecule has 4 saturated heterocycles. The SMILES string of the molecule is C.C1CC[N+]2(C1)CCCC2.C1CC[N+]2(CC1)CCCCC2.CCCOC.CCCOC.[CH3-].[CH3-].[CH3-].[CH3-]. The molecule has 35 heavy (non-hydrogen) atoms. The van der Waals surface area contributed by atoms with E-state index in [4.69, 9.17) is 9.47 Å². The third kappa shape index (κ3) is 19.6. The largest absolute Gasteiger partial charge is 0.385 e. The zero-order valence-electron chi connectivity index (χ0n) is 25.3. The highest BCUT2D eigenvalue weighted by Gasteiger charge is 2.34. The Bertz CT molecular complexity index is 319. The first-order valence-corrected chi connectivity index (χ1v) is 13.3. The number of hydrogen-bond acceptors (Lipinski definition) is 2. The predicted octanol–water partition coefficient (Wildman–Crippen LogP) is 8.08. The second kappa shape index (κ2) is 28.4. The van der Waals surface area contributed by atoms with E-state index in [2.05, 4.69) is 13.8 Å². The molecule has 2 spiro atoms. The molecular weight excluding hydrogens is 432 g/mol. The molecule has 0 atom stereocenters. The van der Waals surface area contributed by atoms with Gasteiger partial charge < -0.3 is 48.1 Å². The average molecular weight is 505 g/mol. The molecule has 0 radical (unpaired) electrons. The van der Waals surface area contributed by atoms with Crippen molar-refractivity contribution in [2.24, 2.45) is 0 Å². The lowest BCUT2D eigenvalue weighted by molar-refractivity contribution is -0.936.